The Morgan fingerprint density at radius 2 is 1.87 bits per heavy atom. The van der Waals surface area contributed by atoms with Crippen molar-refractivity contribution in [3.05, 3.63) is 65.4 Å². The Hall–Kier alpha value is -2.63. The van der Waals surface area contributed by atoms with Crippen LogP contribution in [0.25, 0.3) is 10.9 Å². The first kappa shape index (κ1) is 19.1. The Morgan fingerprint density at radius 1 is 1.00 bits per heavy atom. The van der Waals surface area contributed by atoms with Gasteiger partial charge in [-0.05, 0) is 42.6 Å². The van der Waals surface area contributed by atoms with Crippen LogP contribution in [-0.4, -0.2) is 59.5 Å². The minimum Gasteiger partial charge on any atom is -0.347 e. The molecule has 2 bridgehead atoms. The van der Waals surface area contributed by atoms with Gasteiger partial charge in [0.25, 0.3) is 0 Å². The molecule has 31 heavy (non-hydrogen) atoms. The SMILES string of the molecule is Cn1c2c(c3ccc(N4CCN(CCc5ccccc5)CC4=O)cc31)CN1CCC2C1. The summed E-state index contributed by atoms with van der Waals surface area (Å²) in [5.41, 5.74) is 6.69. The molecule has 0 spiro atoms. The zero-order valence-electron chi connectivity index (χ0n) is 18.3. The van der Waals surface area contributed by atoms with E-state index in [4.69, 9.17) is 0 Å². The second kappa shape index (κ2) is 7.50. The molecular weight excluding hydrogens is 384 g/mol. The van der Waals surface area contributed by atoms with Crippen molar-refractivity contribution >= 4 is 22.5 Å². The van der Waals surface area contributed by atoms with Crippen LogP contribution >= 0.6 is 0 Å². The fourth-order valence-corrected chi connectivity index (χ4v) is 5.92. The van der Waals surface area contributed by atoms with Gasteiger partial charge >= 0.3 is 0 Å². The number of amides is 1. The molecule has 4 heterocycles. The lowest BCUT2D eigenvalue weighted by Crippen LogP contribution is -2.50. The average Bonchev–Trinajstić information content (AvgIpc) is 3.31. The van der Waals surface area contributed by atoms with Crippen LogP contribution in [0.5, 0.6) is 0 Å². The summed E-state index contributed by atoms with van der Waals surface area (Å²) in [7, 11) is 2.21. The van der Waals surface area contributed by atoms with Gasteiger partial charge in [-0.25, -0.2) is 0 Å². The summed E-state index contributed by atoms with van der Waals surface area (Å²) in [4.78, 5) is 19.9. The van der Waals surface area contributed by atoms with E-state index in [0.717, 1.165) is 38.3 Å². The van der Waals surface area contributed by atoms with E-state index in [2.05, 4.69) is 63.9 Å². The fourth-order valence-electron chi connectivity index (χ4n) is 5.92. The molecule has 5 nitrogen and oxygen atoms in total. The zero-order chi connectivity index (χ0) is 20.9. The van der Waals surface area contributed by atoms with Crippen LogP contribution in [0.4, 0.5) is 5.69 Å². The zero-order valence-corrected chi connectivity index (χ0v) is 18.3. The second-order valence-electron chi connectivity index (χ2n) is 9.40. The van der Waals surface area contributed by atoms with Crippen LogP contribution in [0.15, 0.2) is 48.5 Å². The van der Waals surface area contributed by atoms with Gasteiger partial charge in [0.1, 0.15) is 0 Å². The lowest BCUT2D eigenvalue weighted by atomic mass is 9.97. The summed E-state index contributed by atoms with van der Waals surface area (Å²) in [6.45, 7) is 6.63. The maximum Gasteiger partial charge on any atom is 0.241 e. The Kier molecular flexibility index (Phi) is 4.62. The van der Waals surface area contributed by atoms with Gasteiger partial charge in [-0.2, -0.15) is 0 Å². The third kappa shape index (κ3) is 3.27. The summed E-state index contributed by atoms with van der Waals surface area (Å²) in [6, 6.07) is 17.2. The molecule has 160 valence electrons. The highest BCUT2D eigenvalue weighted by Crippen LogP contribution is 2.41. The topological polar surface area (TPSA) is 31.7 Å². The van der Waals surface area contributed by atoms with Gasteiger partial charge in [0, 0.05) is 62.5 Å². The summed E-state index contributed by atoms with van der Waals surface area (Å²) >= 11 is 0. The number of carbonyl (C=O) groups is 1. The highest BCUT2D eigenvalue weighted by molar-refractivity contribution is 5.98. The van der Waals surface area contributed by atoms with Crippen molar-refractivity contribution in [1.29, 1.82) is 0 Å². The molecule has 3 aliphatic heterocycles. The van der Waals surface area contributed by atoms with Crippen LogP contribution in [0.3, 0.4) is 0 Å². The third-order valence-corrected chi connectivity index (χ3v) is 7.55. The number of fused-ring (bicyclic) bond motifs is 6. The van der Waals surface area contributed by atoms with Crippen molar-refractivity contribution in [3.63, 3.8) is 0 Å². The molecule has 0 N–H and O–H groups in total. The van der Waals surface area contributed by atoms with Crippen LogP contribution in [0, 0.1) is 0 Å². The Balaban J connectivity index is 1.20. The second-order valence-corrected chi connectivity index (χ2v) is 9.40. The van der Waals surface area contributed by atoms with Gasteiger partial charge in [0.2, 0.25) is 5.91 Å². The number of piperazine rings is 1. The highest BCUT2D eigenvalue weighted by atomic mass is 16.2. The maximum absolute atomic E-state index is 13.0. The van der Waals surface area contributed by atoms with Crippen molar-refractivity contribution in [1.82, 2.24) is 14.4 Å². The third-order valence-electron chi connectivity index (χ3n) is 7.55. The van der Waals surface area contributed by atoms with Gasteiger partial charge in [0.05, 0.1) is 12.1 Å². The molecular formula is C26H30N4O. The van der Waals surface area contributed by atoms with Crippen molar-refractivity contribution in [2.45, 2.75) is 25.3 Å². The lowest BCUT2D eigenvalue weighted by Gasteiger charge is -2.34. The number of nitrogens with zero attached hydrogens (tertiary/aromatic N) is 4. The Bertz CT molecular complexity index is 1140. The molecule has 5 heteroatoms. The van der Waals surface area contributed by atoms with E-state index in [9.17, 15) is 4.79 Å². The summed E-state index contributed by atoms with van der Waals surface area (Å²) in [6.07, 6.45) is 2.26. The quantitative estimate of drug-likeness (QED) is 0.656. The van der Waals surface area contributed by atoms with Crippen molar-refractivity contribution in [2.75, 3.05) is 44.2 Å². The molecule has 2 atom stereocenters. The average molecular weight is 415 g/mol. The number of aryl methyl sites for hydroxylation is 1. The first-order valence-electron chi connectivity index (χ1n) is 11.6. The van der Waals surface area contributed by atoms with Crippen molar-refractivity contribution in [3.8, 4) is 0 Å². The number of hydrogen-bond acceptors (Lipinski definition) is 3. The smallest absolute Gasteiger partial charge is 0.241 e. The monoisotopic (exact) mass is 414 g/mol. The molecule has 2 aromatic carbocycles. The maximum atomic E-state index is 13.0. The molecule has 0 radical (unpaired) electrons. The van der Waals surface area contributed by atoms with Crippen LogP contribution in [0.1, 0.15) is 29.2 Å². The molecule has 0 aliphatic carbocycles. The molecule has 2 unspecified atom stereocenters. The molecule has 3 aromatic rings. The van der Waals surface area contributed by atoms with Crippen molar-refractivity contribution < 1.29 is 4.79 Å². The first-order chi connectivity index (χ1) is 15.2. The normalized spacial score (nSPS) is 23.5. The predicted octanol–water partition coefficient (Wildman–Crippen LogP) is 3.37. The molecule has 2 saturated heterocycles. The van der Waals surface area contributed by atoms with Gasteiger partial charge in [-0.3, -0.25) is 14.6 Å². The molecule has 2 fully saturated rings. The number of anilines is 1. The van der Waals surface area contributed by atoms with E-state index in [-0.39, 0.29) is 5.91 Å². The molecule has 1 amide bonds. The summed E-state index contributed by atoms with van der Waals surface area (Å²) in [5.74, 6) is 0.877. The number of rotatable bonds is 4. The Morgan fingerprint density at radius 3 is 2.71 bits per heavy atom. The van der Waals surface area contributed by atoms with Gasteiger partial charge in [0.15, 0.2) is 0 Å². The van der Waals surface area contributed by atoms with Crippen LogP contribution in [0.2, 0.25) is 0 Å². The molecule has 1 aromatic heterocycles. The standard InChI is InChI=1S/C26H30N4O/c1-27-24-15-21(7-8-22(24)23-17-29-12-10-20(16-29)26(23)27)30-14-13-28(18-25(30)31)11-9-19-5-3-2-4-6-19/h2-8,15,20H,9-14,16-18H2,1H3. The van der Waals surface area contributed by atoms with E-state index in [1.165, 1.54) is 47.2 Å². The van der Waals surface area contributed by atoms with E-state index in [1.807, 2.05) is 11.0 Å². The van der Waals surface area contributed by atoms with E-state index >= 15 is 0 Å². The van der Waals surface area contributed by atoms with Crippen LogP contribution in [-0.2, 0) is 24.8 Å². The lowest BCUT2D eigenvalue weighted by molar-refractivity contribution is -0.121. The number of hydrogen-bond donors (Lipinski definition) is 0. The number of aromatic nitrogens is 1. The largest absolute Gasteiger partial charge is 0.347 e. The first-order valence-corrected chi connectivity index (χ1v) is 11.6. The van der Waals surface area contributed by atoms with Crippen molar-refractivity contribution in [2.24, 2.45) is 7.05 Å². The number of carbonyl (C=O) groups excluding carboxylic acids is 1. The molecule has 6 rings (SSSR count). The van der Waals surface area contributed by atoms with Crippen LogP contribution < -0.4 is 4.90 Å². The molecule has 3 aliphatic rings. The van der Waals surface area contributed by atoms with Gasteiger partial charge in [-0.1, -0.05) is 36.4 Å². The predicted molar refractivity (Wildman–Crippen MR) is 124 cm³/mol. The van der Waals surface area contributed by atoms with Gasteiger partial charge in [-0.15, -0.1) is 0 Å². The fraction of sp³-hybridized carbons (Fsp3) is 0.423. The number of benzene rings is 2. The van der Waals surface area contributed by atoms with E-state index in [1.54, 1.807) is 0 Å². The van der Waals surface area contributed by atoms with E-state index < -0.39 is 0 Å². The van der Waals surface area contributed by atoms with Gasteiger partial charge < -0.3 is 9.47 Å². The van der Waals surface area contributed by atoms with E-state index in [0.29, 0.717) is 12.5 Å². The summed E-state index contributed by atoms with van der Waals surface area (Å²) in [5, 5.41) is 1.37. The minimum absolute atomic E-state index is 0.211. The summed E-state index contributed by atoms with van der Waals surface area (Å²) < 4.78 is 2.40. The minimum atomic E-state index is 0.211. The Labute approximate surface area is 183 Å². The highest BCUT2D eigenvalue weighted by Gasteiger charge is 2.35. The molecule has 0 saturated carbocycles.